The molecule has 0 atom stereocenters. The molecule has 2 fully saturated rings. The fraction of sp³-hybridized carbons (Fsp3) is 0.933. The topological polar surface area (TPSA) is 43.8 Å². The molecule has 4 nitrogen and oxygen atoms in total. The molecule has 2 aliphatic carbocycles. The molecule has 1 N–H and O–H groups in total. The second-order valence-electron chi connectivity index (χ2n) is 6.59. The summed E-state index contributed by atoms with van der Waals surface area (Å²) >= 11 is 0. The van der Waals surface area contributed by atoms with Crippen LogP contribution in [0.25, 0.3) is 0 Å². The lowest BCUT2D eigenvalue weighted by Gasteiger charge is -2.45. The number of nitrogens with zero attached hydrogens (tertiary/aromatic N) is 2. The van der Waals surface area contributed by atoms with Crippen LogP contribution in [0.15, 0.2) is 0 Å². The smallest absolute Gasteiger partial charge is 0.225 e. The van der Waals surface area contributed by atoms with Crippen molar-refractivity contribution in [2.75, 3.05) is 27.7 Å². The van der Waals surface area contributed by atoms with Gasteiger partial charge in [0.05, 0.1) is 6.61 Å². The molecule has 0 aromatic heterocycles. The summed E-state index contributed by atoms with van der Waals surface area (Å²) in [6.07, 6.45) is 7.28. The fourth-order valence-corrected chi connectivity index (χ4v) is 3.39. The van der Waals surface area contributed by atoms with Crippen LogP contribution in [0.5, 0.6) is 0 Å². The molecule has 1 amide bonds. The zero-order valence-corrected chi connectivity index (χ0v) is 12.6. The SMILES string of the molecule is CN(C(=O)C1CCC(CO)(N(C)C)CC1)C1CCC1. The summed E-state index contributed by atoms with van der Waals surface area (Å²) in [7, 11) is 6.02. The summed E-state index contributed by atoms with van der Waals surface area (Å²) in [6.45, 7) is 0.194. The van der Waals surface area contributed by atoms with Gasteiger partial charge in [0.15, 0.2) is 0 Å². The zero-order valence-electron chi connectivity index (χ0n) is 12.6. The average Bonchev–Trinajstić information content (AvgIpc) is 2.35. The lowest BCUT2D eigenvalue weighted by Crippen LogP contribution is -2.52. The van der Waals surface area contributed by atoms with Gasteiger partial charge in [-0.25, -0.2) is 0 Å². The number of carbonyl (C=O) groups excluding carboxylic acids is 1. The van der Waals surface area contributed by atoms with E-state index in [1.54, 1.807) is 0 Å². The lowest BCUT2D eigenvalue weighted by atomic mass is 9.75. The van der Waals surface area contributed by atoms with Gasteiger partial charge in [0.25, 0.3) is 0 Å². The van der Waals surface area contributed by atoms with E-state index < -0.39 is 0 Å². The zero-order chi connectivity index (χ0) is 14.0. The number of aliphatic hydroxyl groups excluding tert-OH is 1. The monoisotopic (exact) mass is 268 g/mol. The van der Waals surface area contributed by atoms with Crippen molar-refractivity contribution in [3.8, 4) is 0 Å². The molecule has 2 aliphatic rings. The molecule has 0 saturated heterocycles. The molecule has 0 aromatic carbocycles. The molecule has 0 radical (unpaired) electrons. The van der Waals surface area contributed by atoms with Crippen molar-refractivity contribution in [1.82, 2.24) is 9.80 Å². The minimum atomic E-state index is -0.105. The van der Waals surface area contributed by atoms with Gasteiger partial charge >= 0.3 is 0 Å². The van der Waals surface area contributed by atoms with Crippen LogP contribution in [0.4, 0.5) is 0 Å². The van der Waals surface area contributed by atoms with Gasteiger partial charge in [0.2, 0.25) is 5.91 Å². The minimum absolute atomic E-state index is 0.105. The van der Waals surface area contributed by atoms with E-state index in [1.165, 1.54) is 19.3 Å². The number of rotatable bonds is 4. The molecule has 0 bridgehead atoms. The lowest BCUT2D eigenvalue weighted by molar-refractivity contribution is -0.140. The molecule has 0 spiro atoms. The Balaban J connectivity index is 1.90. The van der Waals surface area contributed by atoms with Gasteiger partial charge in [0.1, 0.15) is 0 Å². The van der Waals surface area contributed by atoms with Crippen LogP contribution in [-0.2, 0) is 4.79 Å². The van der Waals surface area contributed by atoms with Gasteiger partial charge < -0.3 is 14.9 Å². The number of carbonyl (C=O) groups is 1. The van der Waals surface area contributed by atoms with Crippen molar-refractivity contribution in [2.24, 2.45) is 5.92 Å². The third kappa shape index (κ3) is 2.79. The van der Waals surface area contributed by atoms with Crippen LogP contribution >= 0.6 is 0 Å². The normalized spacial score (nSPS) is 32.2. The first-order chi connectivity index (χ1) is 9.00. The van der Waals surface area contributed by atoms with E-state index in [-0.39, 0.29) is 18.1 Å². The van der Waals surface area contributed by atoms with E-state index in [4.69, 9.17) is 0 Å². The quantitative estimate of drug-likeness (QED) is 0.840. The van der Waals surface area contributed by atoms with Crippen LogP contribution in [-0.4, -0.2) is 60.1 Å². The highest BCUT2D eigenvalue weighted by molar-refractivity contribution is 5.79. The van der Waals surface area contributed by atoms with Gasteiger partial charge in [-0.05, 0) is 59.0 Å². The summed E-state index contributed by atoms with van der Waals surface area (Å²) in [5.41, 5.74) is -0.105. The summed E-state index contributed by atoms with van der Waals surface area (Å²) in [5.74, 6) is 0.500. The first-order valence-electron chi connectivity index (χ1n) is 7.55. The Morgan fingerprint density at radius 2 is 1.74 bits per heavy atom. The Bertz CT molecular complexity index is 318. The highest BCUT2D eigenvalue weighted by Crippen LogP contribution is 2.36. The number of hydrogen-bond donors (Lipinski definition) is 1. The van der Waals surface area contributed by atoms with E-state index in [1.807, 2.05) is 26.0 Å². The Kier molecular flexibility index (Phi) is 4.51. The Morgan fingerprint density at radius 3 is 2.11 bits per heavy atom. The summed E-state index contributed by atoms with van der Waals surface area (Å²) in [6, 6.07) is 0.492. The van der Waals surface area contributed by atoms with Gasteiger partial charge in [-0.15, -0.1) is 0 Å². The second-order valence-corrected chi connectivity index (χ2v) is 6.59. The molecule has 19 heavy (non-hydrogen) atoms. The largest absolute Gasteiger partial charge is 0.394 e. The van der Waals surface area contributed by atoms with E-state index in [0.717, 1.165) is 25.7 Å². The number of aliphatic hydroxyl groups is 1. The van der Waals surface area contributed by atoms with Crippen molar-refractivity contribution in [3.63, 3.8) is 0 Å². The first kappa shape index (κ1) is 14.8. The van der Waals surface area contributed by atoms with E-state index in [9.17, 15) is 9.90 Å². The Hall–Kier alpha value is -0.610. The standard InChI is InChI=1S/C15H28N2O2/c1-16(2)15(11-18)9-7-12(8-10-15)14(19)17(3)13-5-4-6-13/h12-13,18H,4-11H2,1-3H3. The van der Waals surface area contributed by atoms with Crippen molar-refractivity contribution in [2.45, 2.75) is 56.5 Å². The second kappa shape index (κ2) is 5.80. The summed E-state index contributed by atoms with van der Waals surface area (Å²) in [4.78, 5) is 16.6. The highest BCUT2D eigenvalue weighted by atomic mass is 16.3. The van der Waals surface area contributed by atoms with Crippen LogP contribution in [0.3, 0.4) is 0 Å². The van der Waals surface area contributed by atoms with Crippen molar-refractivity contribution in [3.05, 3.63) is 0 Å². The van der Waals surface area contributed by atoms with Crippen LogP contribution in [0.1, 0.15) is 44.9 Å². The predicted molar refractivity (Wildman–Crippen MR) is 75.9 cm³/mol. The van der Waals surface area contributed by atoms with Crippen LogP contribution in [0, 0.1) is 5.92 Å². The van der Waals surface area contributed by atoms with E-state index in [2.05, 4.69) is 4.90 Å². The fourth-order valence-electron chi connectivity index (χ4n) is 3.39. The molecular formula is C15H28N2O2. The molecule has 2 saturated carbocycles. The van der Waals surface area contributed by atoms with Gasteiger partial charge in [0, 0.05) is 24.5 Å². The van der Waals surface area contributed by atoms with Crippen LogP contribution < -0.4 is 0 Å². The summed E-state index contributed by atoms with van der Waals surface area (Å²) < 4.78 is 0. The predicted octanol–water partition coefficient (Wildman–Crippen LogP) is 1.48. The Labute approximate surface area is 116 Å². The van der Waals surface area contributed by atoms with Gasteiger partial charge in [-0.3, -0.25) is 4.79 Å². The minimum Gasteiger partial charge on any atom is -0.394 e. The van der Waals surface area contributed by atoms with Crippen molar-refractivity contribution >= 4 is 5.91 Å². The molecule has 2 rings (SSSR count). The Morgan fingerprint density at radius 1 is 1.16 bits per heavy atom. The van der Waals surface area contributed by atoms with Gasteiger partial charge in [-0.1, -0.05) is 0 Å². The first-order valence-corrected chi connectivity index (χ1v) is 7.55. The van der Waals surface area contributed by atoms with Crippen molar-refractivity contribution in [1.29, 1.82) is 0 Å². The third-order valence-electron chi connectivity index (χ3n) is 5.48. The maximum atomic E-state index is 12.5. The number of hydrogen-bond acceptors (Lipinski definition) is 3. The van der Waals surface area contributed by atoms with Crippen LogP contribution in [0.2, 0.25) is 0 Å². The molecule has 0 aliphatic heterocycles. The molecule has 0 heterocycles. The molecule has 0 unspecified atom stereocenters. The van der Waals surface area contributed by atoms with Crippen molar-refractivity contribution < 1.29 is 9.90 Å². The average molecular weight is 268 g/mol. The summed E-state index contributed by atoms with van der Waals surface area (Å²) in [5, 5.41) is 9.64. The third-order valence-corrected chi connectivity index (χ3v) is 5.48. The van der Waals surface area contributed by atoms with E-state index in [0.29, 0.717) is 11.9 Å². The highest BCUT2D eigenvalue weighted by Gasteiger charge is 2.40. The van der Waals surface area contributed by atoms with E-state index >= 15 is 0 Å². The molecule has 110 valence electrons. The molecular weight excluding hydrogens is 240 g/mol. The van der Waals surface area contributed by atoms with Gasteiger partial charge in [-0.2, -0.15) is 0 Å². The molecule has 0 aromatic rings. The number of amides is 1. The maximum absolute atomic E-state index is 12.5. The number of likely N-dealkylation sites (N-methyl/N-ethyl adjacent to an activating group) is 1. The maximum Gasteiger partial charge on any atom is 0.225 e. The molecule has 4 heteroatoms.